The average Bonchev–Trinajstić information content (AvgIpc) is 2.36. The van der Waals surface area contributed by atoms with Crippen molar-refractivity contribution in [3.63, 3.8) is 0 Å². The molecule has 1 fully saturated rings. The van der Waals surface area contributed by atoms with Crippen LogP contribution in [-0.4, -0.2) is 68.7 Å². The molecular weight excluding hydrogens is 224 g/mol. The molecule has 4 heteroatoms. The molecule has 1 atom stereocenters. The smallest absolute Gasteiger partial charge is 0.0110 e. The molecular formula is C14H32N4. The largest absolute Gasteiger partial charge is 0.328 e. The summed E-state index contributed by atoms with van der Waals surface area (Å²) in [5.41, 5.74) is 5.78. The van der Waals surface area contributed by atoms with Gasteiger partial charge in [-0.3, -0.25) is 0 Å². The van der Waals surface area contributed by atoms with Gasteiger partial charge in [-0.25, -0.2) is 0 Å². The van der Waals surface area contributed by atoms with Crippen LogP contribution in [0.1, 0.15) is 32.6 Å². The second-order valence-electron chi connectivity index (χ2n) is 5.61. The second-order valence-corrected chi connectivity index (χ2v) is 5.61. The van der Waals surface area contributed by atoms with Gasteiger partial charge < -0.3 is 20.9 Å². The lowest BCUT2D eigenvalue weighted by Gasteiger charge is -2.34. The Kier molecular flexibility index (Phi) is 8.59. The lowest BCUT2D eigenvalue weighted by Crippen LogP contribution is -2.46. The van der Waals surface area contributed by atoms with Gasteiger partial charge in [0.25, 0.3) is 0 Å². The van der Waals surface area contributed by atoms with E-state index < -0.39 is 0 Å². The molecule has 1 heterocycles. The van der Waals surface area contributed by atoms with Crippen molar-refractivity contribution in [3.8, 4) is 0 Å². The standard InChI is InChI=1S/C14H32N4/c1-14(15)6-5-9-18-12-10-17(11-13-18)8-4-3-7-16-2/h14,16H,3-13,15H2,1-2H3. The third-order valence-electron chi connectivity index (χ3n) is 3.75. The van der Waals surface area contributed by atoms with Gasteiger partial charge in [-0.05, 0) is 59.3 Å². The van der Waals surface area contributed by atoms with E-state index in [1.165, 1.54) is 58.5 Å². The van der Waals surface area contributed by atoms with Gasteiger partial charge >= 0.3 is 0 Å². The Morgan fingerprint density at radius 1 is 1.00 bits per heavy atom. The molecule has 1 saturated heterocycles. The van der Waals surface area contributed by atoms with Crippen molar-refractivity contribution in [1.29, 1.82) is 0 Å². The van der Waals surface area contributed by atoms with Crippen molar-refractivity contribution in [2.75, 3.05) is 52.9 Å². The van der Waals surface area contributed by atoms with Crippen LogP contribution in [0.4, 0.5) is 0 Å². The lowest BCUT2D eigenvalue weighted by molar-refractivity contribution is 0.129. The summed E-state index contributed by atoms with van der Waals surface area (Å²) in [4.78, 5) is 5.20. The van der Waals surface area contributed by atoms with Crippen LogP contribution in [0.2, 0.25) is 0 Å². The molecule has 4 nitrogen and oxygen atoms in total. The molecule has 18 heavy (non-hydrogen) atoms. The number of nitrogens with zero attached hydrogens (tertiary/aromatic N) is 2. The summed E-state index contributed by atoms with van der Waals surface area (Å²) in [6.45, 7) is 10.7. The van der Waals surface area contributed by atoms with Crippen LogP contribution in [0.25, 0.3) is 0 Å². The van der Waals surface area contributed by atoms with Gasteiger partial charge in [0, 0.05) is 32.2 Å². The maximum absolute atomic E-state index is 5.78. The van der Waals surface area contributed by atoms with Crippen molar-refractivity contribution in [2.24, 2.45) is 5.73 Å². The van der Waals surface area contributed by atoms with E-state index in [1.807, 2.05) is 7.05 Å². The monoisotopic (exact) mass is 256 g/mol. The molecule has 0 bridgehead atoms. The zero-order valence-electron chi connectivity index (χ0n) is 12.3. The van der Waals surface area contributed by atoms with Gasteiger partial charge in [-0.1, -0.05) is 0 Å². The maximum atomic E-state index is 5.78. The minimum Gasteiger partial charge on any atom is -0.328 e. The van der Waals surface area contributed by atoms with Crippen molar-refractivity contribution in [1.82, 2.24) is 15.1 Å². The molecule has 1 aliphatic heterocycles. The first-order valence-electron chi connectivity index (χ1n) is 7.57. The van der Waals surface area contributed by atoms with Gasteiger partial charge in [0.05, 0.1) is 0 Å². The highest BCUT2D eigenvalue weighted by Gasteiger charge is 2.15. The molecule has 1 rings (SSSR count). The fourth-order valence-electron chi connectivity index (χ4n) is 2.51. The number of rotatable bonds is 9. The SMILES string of the molecule is CNCCCCN1CCN(CCCC(C)N)CC1. The van der Waals surface area contributed by atoms with Crippen LogP contribution in [0.15, 0.2) is 0 Å². The number of piperazine rings is 1. The molecule has 1 unspecified atom stereocenters. The first-order chi connectivity index (χ1) is 8.72. The van der Waals surface area contributed by atoms with Crippen LogP contribution in [0.3, 0.4) is 0 Å². The highest BCUT2D eigenvalue weighted by Crippen LogP contribution is 2.05. The van der Waals surface area contributed by atoms with E-state index in [4.69, 9.17) is 5.73 Å². The topological polar surface area (TPSA) is 44.5 Å². The quantitative estimate of drug-likeness (QED) is 0.597. The van der Waals surface area contributed by atoms with Gasteiger partial charge in [-0.15, -0.1) is 0 Å². The zero-order valence-corrected chi connectivity index (χ0v) is 12.3. The fraction of sp³-hybridized carbons (Fsp3) is 1.00. The fourth-order valence-corrected chi connectivity index (χ4v) is 2.51. The predicted molar refractivity (Wildman–Crippen MR) is 78.9 cm³/mol. The third-order valence-corrected chi connectivity index (χ3v) is 3.75. The molecule has 0 aromatic rings. The Balaban J connectivity index is 1.98. The van der Waals surface area contributed by atoms with Gasteiger partial charge in [0.2, 0.25) is 0 Å². The van der Waals surface area contributed by atoms with Gasteiger partial charge in [0.15, 0.2) is 0 Å². The predicted octanol–water partition coefficient (Wildman–Crippen LogP) is 0.731. The minimum absolute atomic E-state index is 0.360. The number of hydrogen-bond donors (Lipinski definition) is 2. The van der Waals surface area contributed by atoms with E-state index in [0.717, 1.165) is 13.0 Å². The molecule has 0 aromatic carbocycles. The zero-order chi connectivity index (χ0) is 13.2. The van der Waals surface area contributed by atoms with Gasteiger partial charge in [0.1, 0.15) is 0 Å². The number of nitrogens with two attached hydrogens (primary N) is 1. The third kappa shape index (κ3) is 7.31. The van der Waals surface area contributed by atoms with E-state index >= 15 is 0 Å². The first-order valence-corrected chi connectivity index (χ1v) is 7.57. The first kappa shape index (κ1) is 15.9. The number of unbranched alkanes of at least 4 members (excludes halogenated alkanes) is 1. The van der Waals surface area contributed by atoms with Crippen LogP contribution >= 0.6 is 0 Å². The van der Waals surface area contributed by atoms with Gasteiger partial charge in [-0.2, -0.15) is 0 Å². The summed E-state index contributed by atoms with van der Waals surface area (Å²) < 4.78 is 0. The normalized spacial score (nSPS) is 20.2. The Bertz CT molecular complexity index is 188. The second kappa shape index (κ2) is 9.73. The molecule has 0 aliphatic carbocycles. The van der Waals surface area contributed by atoms with Crippen molar-refractivity contribution in [3.05, 3.63) is 0 Å². The molecule has 108 valence electrons. The minimum atomic E-state index is 0.360. The lowest BCUT2D eigenvalue weighted by atomic mass is 10.2. The van der Waals surface area contributed by atoms with Crippen LogP contribution in [0, 0.1) is 0 Å². The summed E-state index contributed by atoms with van der Waals surface area (Å²) in [7, 11) is 2.03. The van der Waals surface area contributed by atoms with Crippen molar-refractivity contribution < 1.29 is 0 Å². The van der Waals surface area contributed by atoms with E-state index in [0.29, 0.717) is 6.04 Å². The summed E-state index contributed by atoms with van der Waals surface area (Å²) in [5.74, 6) is 0. The highest BCUT2D eigenvalue weighted by molar-refractivity contribution is 4.72. The molecule has 3 N–H and O–H groups in total. The number of nitrogens with one attached hydrogen (secondary N) is 1. The summed E-state index contributed by atoms with van der Waals surface area (Å²) in [6.07, 6.45) is 5.03. The molecule has 0 spiro atoms. The van der Waals surface area contributed by atoms with E-state index in [9.17, 15) is 0 Å². The Labute approximate surface area is 113 Å². The van der Waals surface area contributed by atoms with E-state index in [2.05, 4.69) is 22.0 Å². The summed E-state index contributed by atoms with van der Waals surface area (Å²) >= 11 is 0. The average molecular weight is 256 g/mol. The summed E-state index contributed by atoms with van der Waals surface area (Å²) in [5, 5.41) is 3.21. The Morgan fingerprint density at radius 3 is 2.06 bits per heavy atom. The van der Waals surface area contributed by atoms with Crippen LogP contribution in [-0.2, 0) is 0 Å². The molecule has 0 amide bonds. The maximum Gasteiger partial charge on any atom is 0.0110 e. The van der Waals surface area contributed by atoms with Crippen LogP contribution in [0.5, 0.6) is 0 Å². The van der Waals surface area contributed by atoms with E-state index in [-0.39, 0.29) is 0 Å². The Morgan fingerprint density at radius 2 is 1.56 bits per heavy atom. The Hall–Kier alpha value is -0.160. The molecule has 0 saturated carbocycles. The van der Waals surface area contributed by atoms with Crippen molar-refractivity contribution in [2.45, 2.75) is 38.6 Å². The number of hydrogen-bond acceptors (Lipinski definition) is 4. The van der Waals surface area contributed by atoms with Crippen molar-refractivity contribution >= 4 is 0 Å². The van der Waals surface area contributed by atoms with Crippen LogP contribution < -0.4 is 11.1 Å². The molecule has 1 aliphatic rings. The highest BCUT2D eigenvalue weighted by atomic mass is 15.3. The molecule has 0 radical (unpaired) electrons. The van der Waals surface area contributed by atoms with E-state index in [1.54, 1.807) is 0 Å². The molecule has 0 aromatic heterocycles. The summed E-state index contributed by atoms with van der Waals surface area (Å²) in [6, 6.07) is 0.360.